The van der Waals surface area contributed by atoms with Crippen LogP contribution in [0.3, 0.4) is 0 Å². The highest BCUT2D eigenvalue weighted by Crippen LogP contribution is 2.32. The number of aryl methyl sites for hydroxylation is 1. The fourth-order valence-electron chi connectivity index (χ4n) is 3.76. The molecule has 1 atom stereocenters. The monoisotopic (exact) mass is 357 g/mol. The van der Waals surface area contributed by atoms with E-state index < -0.39 is 0 Å². The van der Waals surface area contributed by atoms with E-state index in [1.165, 1.54) is 28.7 Å². The van der Waals surface area contributed by atoms with Crippen LogP contribution in [0.5, 0.6) is 0 Å². The van der Waals surface area contributed by atoms with Crippen molar-refractivity contribution in [3.8, 4) is 11.1 Å². The van der Waals surface area contributed by atoms with Crippen molar-refractivity contribution in [1.82, 2.24) is 14.6 Å². The van der Waals surface area contributed by atoms with E-state index in [2.05, 4.69) is 74.6 Å². The van der Waals surface area contributed by atoms with Crippen LogP contribution in [0.1, 0.15) is 50.7 Å². The van der Waals surface area contributed by atoms with E-state index in [4.69, 9.17) is 4.98 Å². The Labute approximate surface area is 161 Å². The summed E-state index contributed by atoms with van der Waals surface area (Å²) in [5.74, 6) is 0.901. The van der Waals surface area contributed by atoms with E-state index in [0.717, 1.165) is 24.1 Å². The number of hydrogen-bond acceptors (Lipinski definition) is 2. The Hall–Kier alpha value is -2.68. The number of aromatic nitrogens is 3. The summed E-state index contributed by atoms with van der Waals surface area (Å²) in [6, 6.07) is 8.79. The van der Waals surface area contributed by atoms with Crippen LogP contribution in [0.15, 0.2) is 66.7 Å². The van der Waals surface area contributed by atoms with Gasteiger partial charge in [0, 0.05) is 29.4 Å². The Morgan fingerprint density at radius 2 is 1.93 bits per heavy atom. The van der Waals surface area contributed by atoms with Crippen LogP contribution in [0.25, 0.3) is 16.8 Å². The molecule has 0 amide bonds. The molecule has 0 fully saturated rings. The van der Waals surface area contributed by atoms with Gasteiger partial charge < -0.3 is 0 Å². The molecule has 0 N–H and O–H groups in total. The van der Waals surface area contributed by atoms with Gasteiger partial charge in [0.15, 0.2) is 5.65 Å². The van der Waals surface area contributed by atoms with Crippen molar-refractivity contribution in [2.75, 3.05) is 0 Å². The normalized spacial score (nSPS) is 16.9. The molecule has 4 rings (SSSR count). The first-order valence-electron chi connectivity index (χ1n) is 9.96. The van der Waals surface area contributed by atoms with Gasteiger partial charge in [-0.25, -0.2) is 9.50 Å². The minimum absolute atomic E-state index is 0.358. The maximum atomic E-state index is 4.77. The number of rotatable bonds is 5. The zero-order valence-corrected chi connectivity index (χ0v) is 16.4. The first-order chi connectivity index (χ1) is 13.2. The summed E-state index contributed by atoms with van der Waals surface area (Å²) in [5.41, 5.74) is 7.23. The minimum Gasteiger partial charge on any atom is -0.236 e. The average molecular weight is 358 g/mol. The van der Waals surface area contributed by atoms with Gasteiger partial charge in [-0.1, -0.05) is 69.7 Å². The Morgan fingerprint density at radius 1 is 1.11 bits per heavy atom. The molecule has 1 aliphatic carbocycles. The maximum absolute atomic E-state index is 4.77. The lowest BCUT2D eigenvalue weighted by atomic mass is 9.87. The molecule has 27 heavy (non-hydrogen) atoms. The topological polar surface area (TPSA) is 30.2 Å². The largest absolute Gasteiger partial charge is 0.236 e. The first-order valence-corrected chi connectivity index (χ1v) is 9.96. The van der Waals surface area contributed by atoms with Crippen molar-refractivity contribution in [2.45, 2.75) is 46.0 Å². The fraction of sp³-hybridized carbons (Fsp3) is 0.333. The SMILES string of the molecule is CCCc1ccc(-c2cnc3c(C4C=C(C(C)C)C=CC4)cnn3c2)cc1. The van der Waals surface area contributed by atoms with E-state index in [1.807, 2.05) is 16.9 Å². The third kappa shape index (κ3) is 3.59. The van der Waals surface area contributed by atoms with Crippen molar-refractivity contribution in [3.63, 3.8) is 0 Å². The number of hydrogen-bond donors (Lipinski definition) is 0. The molecule has 0 aliphatic heterocycles. The Bertz CT molecular complexity index is 990. The van der Waals surface area contributed by atoms with Gasteiger partial charge in [-0.15, -0.1) is 0 Å². The molecule has 3 aromatic rings. The molecule has 2 aromatic heterocycles. The molecule has 0 radical (unpaired) electrons. The van der Waals surface area contributed by atoms with Crippen LogP contribution in [-0.2, 0) is 6.42 Å². The summed E-state index contributed by atoms with van der Waals surface area (Å²) in [6.07, 6.45) is 16.3. The predicted molar refractivity (Wildman–Crippen MR) is 112 cm³/mol. The molecule has 138 valence electrons. The van der Waals surface area contributed by atoms with E-state index >= 15 is 0 Å². The third-order valence-corrected chi connectivity index (χ3v) is 5.37. The van der Waals surface area contributed by atoms with Crippen LogP contribution < -0.4 is 0 Å². The molecular weight excluding hydrogens is 330 g/mol. The van der Waals surface area contributed by atoms with Gasteiger partial charge in [-0.3, -0.25) is 0 Å². The van der Waals surface area contributed by atoms with Gasteiger partial charge >= 0.3 is 0 Å². The minimum atomic E-state index is 0.358. The number of benzene rings is 1. The lowest BCUT2D eigenvalue weighted by Gasteiger charge is -2.18. The first kappa shape index (κ1) is 17.7. The summed E-state index contributed by atoms with van der Waals surface area (Å²) in [7, 11) is 0. The number of allylic oxidation sites excluding steroid dienone is 4. The molecule has 2 heterocycles. The molecule has 0 saturated heterocycles. The summed E-state index contributed by atoms with van der Waals surface area (Å²) < 4.78 is 1.92. The second kappa shape index (κ2) is 7.51. The van der Waals surface area contributed by atoms with Crippen LogP contribution in [0.4, 0.5) is 0 Å². The highest BCUT2D eigenvalue weighted by atomic mass is 15.2. The van der Waals surface area contributed by atoms with Gasteiger partial charge in [0.05, 0.1) is 6.20 Å². The molecule has 0 bridgehead atoms. The number of nitrogens with zero attached hydrogens (tertiary/aromatic N) is 3. The Morgan fingerprint density at radius 3 is 2.67 bits per heavy atom. The highest BCUT2D eigenvalue weighted by molar-refractivity contribution is 5.64. The standard InChI is InChI=1S/C24H27N3/c1-4-6-18-9-11-19(12-10-18)22-14-25-24-23(15-26-27(24)16-22)21-8-5-7-20(13-21)17(2)3/h5,7,9-17,21H,4,6,8H2,1-3H3. The summed E-state index contributed by atoms with van der Waals surface area (Å²) in [4.78, 5) is 4.77. The molecular formula is C24H27N3. The second-order valence-corrected chi connectivity index (χ2v) is 7.72. The number of fused-ring (bicyclic) bond motifs is 1. The summed E-state index contributed by atoms with van der Waals surface area (Å²) in [6.45, 7) is 6.69. The highest BCUT2D eigenvalue weighted by Gasteiger charge is 2.18. The van der Waals surface area contributed by atoms with Gasteiger partial charge in [0.2, 0.25) is 0 Å². The zero-order chi connectivity index (χ0) is 18.8. The van der Waals surface area contributed by atoms with Gasteiger partial charge in [0.25, 0.3) is 0 Å². The van der Waals surface area contributed by atoms with Crippen LogP contribution in [0, 0.1) is 5.92 Å². The fourth-order valence-corrected chi connectivity index (χ4v) is 3.76. The van der Waals surface area contributed by atoms with Crippen LogP contribution in [-0.4, -0.2) is 14.6 Å². The van der Waals surface area contributed by atoms with E-state index in [9.17, 15) is 0 Å². The van der Waals surface area contributed by atoms with Crippen LogP contribution >= 0.6 is 0 Å². The van der Waals surface area contributed by atoms with E-state index in [-0.39, 0.29) is 0 Å². The maximum Gasteiger partial charge on any atom is 0.158 e. The molecule has 3 heteroatoms. The van der Waals surface area contributed by atoms with Crippen molar-refractivity contribution >= 4 is 5.65 Å². The molecule has 1 aromatic carbocycles. The zero-order valence-electron chi connectivity index (χ0n) is 16.4. The lowest BCUT2D eigenvalue weighted by molar-refractivity contribution is 0.748. The van der Waals surface area contributed by atoms with Crippen molar-refractivity contribution in [3.05, 3.63) is 77.8 Å². The molecule has 1 unspecified atom stereocenters. The average Bonchev–Trinajstić information content (AvgIpc) is 3.12. The van der Waals surface area contributed by atoms with Gasteiger partial charge in [-0.05, 0) is 35.5 Å². The smallest absolute Gasteiger partial charge is 0.158 e. The summed E-state index contributed by atoms with van der Waals surface area (Å²) >= 11 is 0. The molecule has 1 aliphatic rings. The third-order valence-electron chi connectivity index (χ3n) is 5.37. The molecule has 3 nitrogen and oxygen atoms in total. The predicted octanol–water partition coefficient (Wildman–Crippen LogP) is 5.97. The molecule has 0 saturated carbocycles. The van der Waals surface area contributed by atoms with Crippen molar-refractivity contribution in [2.24, 2.45) is 5.92 Å². The van der Waals surface area contributed by atoms with Gasteiger partial charge in [0.1, 0.15) is 0 Å². The van der Waals surface area contributed by atoms with E-state index in [0.29, 0.717) is 11.8 Å². The lowest BCUT2D eigenvalue weighted by Crippen LogP contribution is -2.03. The van der Waals surface area contributed by atoms with Gasteiger partial charge in [-0.2, -0.15) is 5.10 Å². The van der Waals surface area contributed by atoms with Crippen LogP contribution in [0.2, 0.25) is 0 Å². The van der Waals surface area contributed by atoms with Crippen molar-refractivity contribution in [1.29, 1.82) is 0 Å². The molecule has 0 spiro atoms. The Balaban J connectivity index is 1.65. The van der Waals surface area contributed by atoms with Crippen molar-refractivity contribution < 1.29 is 0 Å². The quantitative estimate of drug-likeness (QED) is 0.563. The second-order valence-electron chi connectivity index (χ2n) is 7.72. The van der Waals surface area contributed by atoms with E-state index in [1.54, 1.807) is 0 Å². The Kier molecular flexibility index (Phi) is 4.93. The summed E-state index contributed by atoms with van der Waals surface area (Å²) in [5, 5.41) is 4.60.